The molecule has 1 aliphatic rings. The summed E-state index contributed by atoms with van der Waals surface area (Å²) in [5.74, 6) is 0.147. The number of aryl methyl sites for hydroxylation is 1. The highest BCUT2D eigenvalue weighted by Crippen LogP contribution is 2.24. The highest BCUT2D eigenvalue weighted by Gasteiger charge is 2.34. The molecule has 1 amide bonds. The normalized spacial score (nSPS) is 20.0. The molecule has 0 spiro atoms. The van der Waals surface area contributed by atoms with E-state index in [2.05, 4.69) is 15.3 Å². The lowest BCUT2D eigenvalue weighted by molar-refractivity contribution is -0.122. The van der Waals surface area contributed by atoms with Crippen molar-refractivity contribution in [1.82, 2.24) is 15.3 Å². The molecule has 2 aromatic heterocycles. The Morgan fingerprint density at radius 1 is 1.35 bits per heavy atom. The number of carbonyl (C=O) groups is 1. The molecule has 138 valence electrons. The summed E-state index contributed by atoms with van der Waals surface area (Å²) in [7, 11) is 0. The average molecular weight is 358 g/mol. The van der Waals surface area contributed by atoms with E-state index < -0.39 is 5.60 Å². The molecule has 0 saturated carbocycles. The van der Waals surface area contributed by atoms with Crippen LogP contribution >= 0.6 is 0 Å². The zero-order valence-corrected chi connectivity index (χ0v) is 14.6. The van der Waals surface area contributed by atoms with Crippen LogP contribution in [0.15, 0.2) is 42.9 Å². The molecule has 0 aliphatic carbocycles. The van der Waals surface area contributed by atoms with Crippen molar-refractivity contribution in [2.75, 3.05) is 24.5 Å². The van der Waals surface area contributed by atoms with E-state index >= 15 is 0 Å². The molecule has 1 fully saturated rings. The first-order valence-electron chi connectivity index (χ1n) is 8.79. The summed E-state index contributed by atoms with van der Waals surface area (Å²) in [6.45, 7) is 1.29. The maximum atomic E-state index is 13.0. The number of nitrogens with zero attached hydrogens (tertiary/aromatic N) is 3. The number of hydrogen-bond acceptors (Lipinski definition) is 5. The molecule has 1 aliphatic heterocycles. The molecule has 2 aromatic rings. The second-order valence-corrected chi connectivity index (χ2v) is 6.72. The van der Waals surface area contributed by atoms with E-state index in [-0.39, 0.29) is 18.3 Å². The second kappa shape index (κ2) is 8.23. The topological polar surface area (TPSA) is 78.3 Å². The predicted octanol–water partition coefficient (Wildman–Crippen LogP) is 1.70. The molecular formula is C19H23FN4O2. The molecule has 0 aromatic carbocycles. The number of pyridine rings is 2. The van der Waals surface area contributed by atoms with Crippen LogP contribution in [0.2, 0.25) is 0 Å². The van der Waals surface area contributed by atoms with Crippen molar-refractivity contribution in [2.24, 2.45) is 0 Å². The summed E-state index contributed by atoms with van der Waals surface area (Å²) >= 11 is 0. The molecular weight excluding hydrogens is 335 g/mol. The van der Waals surface area contributed by atoms with Gasteiger partial charge in [-0.05, 0) is 43.0 Å². The molecule has 0 bridgehead atoms. The Labute approximate surface area is 152 Å². The van der Waals surface area contributed by atoms with Gasteiger partial charge in [0.2, 0.25) is 5.91 Å². The minimum atomic E-state index is -1.02. The Morgan fingerprint density at radius 3 is 2.96 bits per heavy atom. The highest BCUT2D eigenvalue weighted by atomic mass is 19.1. The van der Waals surface area contributed by atoms with E-state index in [1.807, 2.05) is 17.0 Å². The molecule has 2 N–H and O–H groups in total. The van der Waals surface area contributed by atoms with E-state index in [9.17, 15) is 14.3 Å². The maximum Gasteiger partial charge on any atom is 0.220 e. The van der Waals surface area contributed by atoms with E-state index in [0.717, 1.165) is 18.5 Å². The SMILES string of the molecule is O=C(CCc1cccnc1)NC[C@]1(O)CCCN(c2ccc(F)cn2)C1. The predicted molar refractivity (Wildman–Crippen MR) is 96.2 cm³/mol. The van der Waals surface area contributed by atoms with E-state index in [4.69, 9.17) is 0 Å². The number of hydrogen-bond donors (Lipinski definition) is 2. The van der Waals surface area contributed by atoms with E-state index in [1.54, 1.807) is 18.5 Å². The highest BCUT2D eigenvalue weighted by molar-refractivity contribution is 5.76. The van der Waals surface area contributed by atoms with Crippen LogP contribution < -0.4 is 10.2 Å². The van der Waals surface area contributed by atoms with Crippen molar-refractivity contribution < 1.29 is 14.3 Å². The van der Waals surface area contributed by atoms with Gasteiger partial charge in [0.1, 0.15) is 11.6 Å². The summed E-state index contributed by atoms with van der Waals surface area (Å²) in [5.41, 5.74) is -0.00857. The zero-order chi connectivity index (χ0) is 18.4. The van der Waals surface area contributed by atoms with Gasteiger partial charge in [-0.2, -0.15) is 0 Å². The van der Waals surface area contributed by atoms with E-state index in [1.165, 1.54) is 12.3 Å². The molecule has 0 unspecified atom stereocenters. The Bertz CT molecular complexity index is 726. The number of aromatic nitrogens is 2. The van der Waals surface area contributed by atoms with Crippen molar-refractivity contribution in [2.45, 2.75) is 31.3 Å². The van der Waals surface area contributed by atoms with Gasteiger partial charge in [0.25, 0.3) is 0 Å². The van der Waals surface area contributed by atoms with Crippen molar-refractivity contribution in [3.05, 3.63) is 54.2 Å². The minimum Gasteiger partial charge on any atom is -0.386 e. The summed E-state index contributed by atoms with van der Waals surface area (Å²) in [6.07, 6.45) is 6.96. The van der Waals surface area contributed by atoms with Gasteiger partial charge < -0.3 is 15.3 Å². The molecule has 7 heteroatoms. The number of nitrogens with one attached hydrogen (secondary N) is 1. The first-order valence-corrected chi connectivity index (χ1v) is 8.79. The van der Waals surface area contributed by atoms with Gasteiger partial charge >= 0.3 is 0 Å². The molecule has 6 nitrogen and oxygen atoms in total. The quantitative estimate of drug-likeness (QED) is 0.822. The van der Waals surface area contributed by atoms with Crippen LogP contribution in [-0.2, 0) is 11.2 Å². The van der Waals surface area contributed by atoms with Crippen LogP contribution in [0, 0.1) is 5.82 Å². The Morgan fingerprint density at radius 2 is 2.23 bits per heavy atom. The standard InChI is InChI=1S/C19H23FN4O2/c20-16-5-6-17(22-12-16)24-10-2-8-19(26,14-24)13-23-18(25)7-4-15-3-1-9-21-11-15/h1,3,5-6,9,11-12,26H,2,4,7-8,10,13-14H2,(H,23,25)/t19-/m1/s1. The van der Waals surface area contributed by atoms with Gasteiger partial charge in [0.05, 0.1) is 11.8 Å². The lowest BCUT2D eigenvalue weighted by atomic mass is 9.92. The van der Waals surface area contributed by atoms with Gasteiger partial charge in [-0.1, -0.05) is 6.07 Å². The fraction of sp³-hybridized carbons (Fsp3) is 0.421. The van der Waals surface area contributed by atoms with Crippen LogP contribution in [0.1, 0.15) is 24.8 Å². The van der Waals surface area contributed by atoms with Crippen LogP contribution in [0.25, 0.3) is 0 Å². The van der Waals surface area contributed by atoms with Gasteiger partial charge in [-0.3, -0.25) is 9.78 Å². The van der Waals surface area contributed by atoms with Crippen molar-refractivity contribution >= 4 is 11.7 Å². The molecule has 1 atom stereocenters. The fourth-order valence-electron chi connectivity index (χ4n) is 3.16. The molecule has 26 heavy (non-hydrogen) atoms. The average Bonchev–Trinajstić information content (AvgIpc) is 2.66. The summed E-state index contributed by atoms with van der Waals surface area (Å²) in [4.78, 5) is 22.1. The third-order valence-electron chi connectivity index (χ3n) is 4.57. The number of amides is 1. The largest absolute Gasteiger partial charge is 0.386 e. The van der Waals surface area contributed by atoms with Crippen LogP contribution in [0.4, 0.5) is 10.2 Å². The van der Waals surface area contributed by atoms with Gasteiger partial charge in [0, 0.05) is 38.4 Å². The number of rotatable bonds is 6. The monoisotopic (exact) mass is 358 g/mol. The Hall–Kier alpha value is -2.54. The summed E-state index contributed by atoms with van der Waals surface area (Å²) in [5, 5.41) is 13.7. The molecule has 3 heterocycles. The van der Waals surface area contributed by atoms with Crippen LogP contribution in [-0.4, -0.2) is 46.2 Å². The maximum absolute atomic E-state index is 13.0. The molecule has 3 rings (SSSR count). The number of carbonyl (C=O) groups excluding carboxylic acids is 1. The number of β-amino-alcohol motifs (C(OH)–C–C–N with tert-alkyl or cyclic N) is 1. The van der Waals surface area contributed by atoms with Crippen LogP contribution in [0.3, 0.4) is 0 Å². The molecule has 1 saturated heterocycles. The summed E-state index contributed by atoms with van der Waals surface area (Å²) < 4.78 is 13.0. The first-order chi connectivity index (χ1) is 12.5. The number of anilines is 1. The number of aliphatic hydroxyl groups is 1. The van der Waals surface area contributed by atoms with E-state index in [0.29, 0.717) is 31.6 Å². The number of piperidine rings is 1. The third-order valence-corrected chi connectivity index (χ3v) is 4.57. The fourth-order valence-corrected chi connectivity index (χ4v) is 3.16. The third kappa shape index (κ3) is 4.98. The van der Waals surface area contributed by atoms with Crippen LogP contribution in [0.5, 0.6) is 0 Å². The lowest BCUT2D eigenvalue weighted by Crippen LogP contribution is -2.54. The number of halogens is 1. The summed E-state index contributed by atoms with van der Waals surface area (Å²) in [6, 6.07) is 6.74. The Kier molecular flexibility index (Phi) is 5.78. The lowest BCUT2D eigenvalue weighted by Gasteiger charge is -2.39. The van der Waals surface area contributed by atoms with Crippen molar-refractivity contribution in [3.8, 4) is 0 Å². The van der Waals surface area contributed by atoms with Crippen molar-refractivity contribution in [1.29, 1.82) is 0 Å². The Balaban J connectivity index is 1.50. The second-order valence-electron chi connectivity index (χ2n) is 6.72. The van der Waals surface area contributed by atoms with Crippen molar-refractivity contribution in [3.63, 3.8) is 0 Å². The zero-order valence-electron chi connectivity index (χ0n) is 14.6. The van der Waals surface area contributed by atoms with Gasteiger partial charge in [-0.15, -0.1) is 0 Å². The minimum absolute atomic E-state index is 0.0979. The smallest absolute Gasteiger partial charge is 0.220 e. The molecule has 0 radical (unpaired) electrons. The van der Waals surface area contributed by atoms with Gasteiger partial charge in [0.15, 0.2) is 0 Å². The van der Waals surface area contributed by atoms with Gasteiger partial charge in [-0.25, -0.2) is 9.37 Å². The first kappa shape index (κ1) is 18.3.